The Morgan fingerprint density at radius 1 is 0.643 bits per heavy atom. The predicted molar refractivity (Wildman–Crippen MR) is 208 cm³/mol. The van der Waals surface area contributed by atoms with Crippen LogP contribution in [0.15, 0.2) is 103 Å². The summed E-state index contributed by atoms with van der Waals surface area (Å²) in [4.78, 5) is 52.2. The predicted octanol–water partition coefficient (Wildman–Crippen LogP) is 6.32. The Bertz CT molecular complexity index is 1860. The third-order valence-corrected chi connectivity index (χ3v) is 9.89. The molecule has 56 heavy (non-hydrogen) atoms. The van der Waals surface area contributed by atoms with Gasteiger partial charge in [-0.05, 0) is 62.1 Å². The minimum Gasteiger partial charge on any atom is -0.481 e. The molecule has 0 heterocycles. The molecule has 3 aromatic carbocycles. The number of carboxylic acids is 1. The van der Waals surface area contributed by atoms with Gasteiger partial charge in [0.05, 0.1) is 57.8 Å². The fraction of sp³-hybridized carbons (Fsp3) is 0.409. The number of amides is 1. The van der Waals surface area contributed by atoms with Crippen LogP contribution in [-0.2, 0) is 58.8 Å². The van der Waals surface area contributed by atoms with Crippen LogP contribution in [0.4, 0.5) is 5.69 Å². The van der Waals surface area contributed by atoms with E-state index < -0.39 is 59.1 Å². The molecule has 0 aromatic heterocycles. The molecular formula is C44H51NO11. The van der Waals surface area contributed by atoms with Gasteiger partial charge < -0.3 is 38.8 Å². The Morgan fingerprint density at radius 2 is 1.04 bits per heavy atom. The highest BCUT2D eigenvalue weighted by Crippen LogP contribution is 2.65. The first kappa shape index (κ1) is 42.0. The molecule has 0 radical (unpaired) electrons. The van der Waals surface area contributed by atoms with E-state index in [1.54, 1.807) is 38.1 Å². The molecule has 3 aromatic rings. The van der Waals surface area contributed by atoms with Gasteiger partial charge in [-0.1, -0.05) is 79.9 Å². The normalized spacial score (nSPS) is 21.5. The fourth-order valence-corrected chi connectivity index (χ4v) is 7.43. The van der Waals surface area contributed by atoms with E-state index in [0.29, 0.717) is 51.9 Å². The summed E-state index contributed by atoms with van der Waals surface area (Å²) in [5.41, 5.74) is 0.277. The highest BCUT2D eigenvalue weighted by Gasteiger charge is 2.71. The summed E-state index contributed by atoms with van der Waals surface area (Å²) < 4.78 is 36.3. The van der Waals surface area contributed by atoms with Crippen molar-refractivity contribution in [2.75, 3.05) is 45.0 Å². The van der Waals surface area contributed by atoms with E-state index >= 15 is 0 Å². The van der Waals surface area contributed by atoms with Gasteiger partial charge in [-0.25, -0.2) is 9.59 Å². The molecule has 12 heteroatoms. The number of nitrogens with one attached hydrogen (secondary N) is 1. The second kappa shape index (κ2) is 18.7. The lowest BCUT2D eigenvalue weighted by molar-refractivity contribution is -0.205. The number of carboxylic acid groups (broad SMARTS) is 1. The number of carbonyl (C=O) groups excluding carboxylic acids is 3. The molecular weight excluding hydrogens is 718 g/mol. The monoisotopic (exact) mass is 769 g/mol. The summed E-state index contributed by atoms with van der Waals surface area (Å²) >= 11 is 0. The fourth-order valence-electron chi connectivity index (χ4n) is 7.43. The van der Waals surface area contributed by atoms with E-state index in [9.17, 15) is 24.3 Å². The number of para-hydroxylation sites is 1. The van der Waals surface area contributed by atoms with Gasteiger partial charge in [-0.15, -0.1) is 0 Å². The number of anilines is 1. The summed E-state index contributed by atoms with van der Waals surface area (Å²) in [6.45, 7) is 14.8. The van der Waals surface area contributed by atoms with Crippen LogP contribution in [0, 0.1) is 11.8 Å². The maximum Gasteiger partial charge on any atom is 0.333 e. The Kier molecular flexibility index (Phi) is 14.0. The van der Waals surface area contributed by atoms with E-state index in [4.69, 9.17) is 28.4 Å². The molecule has 0 spiro atoms. The average molecular weight is 770 g/mol. The first-order valence-electron chi connectivity index (χ1n) is 18.8. The Hall–Kier alpha value is -5.14. The minimum absolute atomic E-state index is 0.00388. The Morgan fingerprint density at radius 3 is 1.43 bits per heavy atom. The van der Waals surface area contributed by atoms with E-state index in [0.717, 1.165) is 0 Å². The lowest BCUT2D eigenvalue weighted by Gasteiger charge is -2.60. The van der Waals surface area contributed by atoms with Crippen molar-refractivity contribution in [1.29, 1.82) is 0 Å². The number of esters is 2. The molecule has 3 aliphatic rings. The summed E-state index contributed by atoms with van der Waals surface area (Å²) in [6.07, 6.45) is -0.120. The minimum atomic E-state index is -1.62. The van der Waals surface area contributed by atoms with Gasteiger partial charge in [0.2, 0.25) is 5.91 Å². The highest BCUT2D eigenvalue weighted by molar-refractivity contribution is 5.99. The molecule has 0 saturated carbocycles. The molecule has 0 saturated heterocycles. The molecule has 4 unspecified atom stereocenters. The highest BCUT2D eigenvalue weighted by atomic mass is 16.6. The third kappa shape index (κ3) is 8.79. The van der Waals surface area contributed by atoms with Crippen molar-refractivity contribution >= 4 is 29.5 Å². The molecule has 0 fully saturated rings. The first-order chi connectivity index (χ1) is 26.8. The smallest absolute Gasteiger partial charge is 0.333 e. The topological polar surface area (TPSA) is 156 Å². The summed E-state index contributed by atoms with van der Waals surface area (Å²) in [5, 5.41) is 14.3. The van der Waals surface area contributed by atoms with Gasteiger partial charge in [0.1, 0.15) is 17.1 Å². The number of fused-ring (bicyclic) bond motifs is 1. The Labute approximate surface area is 327 Å². The molecule has 2 N–H and O–H groups in total. The quantitative estimate of drug-likeness (QED) is 0.0711. The van der Waals surface area contributed by atoms with Crippen molar-refractivity contribution in [3.8, 4) is 0 Å². The van der Waals surface area contributed by atoms with Gasteiger partial charge >= 0.3 is 17.9 Å². The maximum atomic E-state index is 14.8. The lowest BCUT2D eigenvalue weighted by Crippen LogP contribution is -2.67. The number of hydrogen-bond donors (Lipinski definition) is 2. The number of aliphatic carboxylic acids is 1. The molecule has 1 amide bonds. The van der Waals surface area contributed by atoms with Gasteiger partial charge in [0.15, 0.2) is 0 Å². The zero-order chi connectivity index (χ0) is 40.5. The van der Waals surface area contributed by atoms with Crippen molar-refractivity contribution in [3.63, 3.8) is 0 Å². The van der Waals surface area contributed by atoms with Crippen LogP contribution in [-0.4, -0.2) is 80.8 Å². The number of hydrogen-bond acceptors (Lipinski definition) is 10. The number of ether oxygens (including phenoxy) is 6. The third-order valence-electron chi connectivity index (χ3n) is 9.89. The standard InChI is InChI=1S/C44H51NO11/c1-28(2)41(49)53-24-14-22-51-30(5)26-55-43-33-18-10-12-20-35(33)44(36-21-13-11-19-34(36)43,56-27-31(6)52-23-15-25-54-42(50)29(3)4)38(40(47)48)37(43)39(46)45-32-16-8-7-9-17-32/h7-13,16-21,30-31,37-38H,1,3,14-15,22-27H2,2,4-6H3,(H,45,46)(H,47,48). The molecule has 2 bridgehead atoms. The van der Waals surface area contributed by atoms with E-state index in [1.807, 2.05) is 68.4 Å². The summed E-state index contributed by atoms with van der Waals surface area (Å²) in [5.74, 6) is -5.51. The van der Waals surface area contributed by atoms with Gasteiger partial charge in [0, 0.05) is 29.7 Å². The van der Waals surface area contributed by atoms with Crippen LogP contribution in [0.1, 0.15) is 62.8 Å². The maximum absolute atomic E-state index is 14.8. The molecule has 6 rings (SSSR count). The van der Waals surface area contributed by atoms with Crippen molar-refractivity contribution in [2.24, 2.45) is 11.8 Å². The van der Waals surface area contributed by atoms with Gasteiger partial charge in [-0.3, -0.25) is 9.59 Å². The second-order valence-corrected chi connectivity index (χ2v) is 14.2. The van der Waals surface area contributed by atoms with Crippen molar-refractivity contribution in [1.82, 2.24) is 0 Å². The van der Waals surface area contributed by atoms with Gasteiger partial charge in [0.25, 0.3) is 0 Å². The summed E-state index contributed by atoms with van der Waals surface area (Å²) in [7, 11) is 0. The van der Waals surface area contributed by atoms with Crippen LogP contribution in [0.5, 0.6) is 0 Å². The Balaban J connectivity index is 1.49. The molecule has 0 aliphatic heterocycles. The van der Waals surface area contributed by atoms with Crippen molar-refractivity contribution < 1.29 is 52.7 Å². The number of rotatable bonds is 21. The zero-order valence-electron chi connectivity index (χ0n) is 32.4. The van der Waals surface area contributed by atoms with Crippen LogP contribution < -0.4 is 5.32 Å². The summed E-state index contributed by atoms with van der Waals surface area (Å²) in [6, 6.07) is 23.5. The average Bonchev–Trinajstić information content (AvgIpc) is 3.19. The van der Waals surface area contributed by atoms with Crippen LogP contribution >= 0.6 is 0 Å². The van der Waals surface area contributed by atoms with Crippen LogP contribution in [0.3, 0.4) is 0 Å². The van der Waals surface area contributed by atoms with Crippen LogP contribution in [0.25, 0.3) is 0 Å². The number of benzene rings is 3. The van der Waals surface area contributed by atoms with Crippen molar-refractivity contribution in [2.45, 2.75) is 63.9 Å². The molecule has 298 valence electrons. The largest absolute Gasteiger partial charge is 0.481 e. The lowest BCUT2D eigenvalue weighted by atomic mass is 9.49. The number of carbonyl (C=O) groups is 4. The second-order valence-electron chi connectivity index (χ2n) is 14.2. The van der Waals surface area contributed by atoms with Crippen LogP contribution in [0.2, 0.25) is 0 Å². The first-order valence-corrected chi connectivity index (χ1v) is 18.8. The molecule has 12 nitrogen and oxygen atoms in total. The molecule has 4 atom stereocenters. The van der Waals surface area contributed by atoms with E-state index in [-0.39, 0.29) is 39.6 Å². The molecule has 3 aliphatic carbocycles. The van der Waals surface area contributed by atoms with Gasteiger partial charge in [-0.2, -0.15) is 0 Å². The zero-order valence-corrected chi connectivity index (χ0v) is 32.4. The van der Waals surface area contributed by atoms with E-state index in [1.165, 1.54) is 0 Å². The SMILES string of the molecule is C=C(C)C(=O)OCCCOC(C)COC12c3ccccc3C(OCC(C)OCCCOC(=O)C(=C)C)(c3ccccc31)C(C(=O)Nc1ccccc1)C2C(=O)O. The van der Waals surface area contributed by atoms with E-state index in [2.05, 4.69) is 18.5 Å². The van der Waals surface area contributed by atoms with Crippen molar-refractivity contribution in [3.05, 3.63) is 125 Å².